The SMILES string of the molecule is COCCN=C1Nc2ccccc2CN[C@]12CCN(S(=O)(=O)Cc1ccccc1)C2. The fraction of sp³-hybridized carbons (Fsp3) is 0.409. The van der Waals surface area contributed by atoms with Gasteiger partial charge in [0.25, 0.3) is 0 Å². The first-order chi connectivity index (χ1) is 14.5. The minimum atomic E-state index is -3.43. The van der Waals surface area contributed by atoms with Crippen LogP contribution in [0.15, 0.2) is 59.6 Å². The molecule has 30 heavy (non-hydrogen) atoms. The van der Waals surface area contributed by atoms with Crippen LogP contribution in [0.3, 0.4) is 0 Å². The Hall–Kier alpha value is -2.26. The van der Waals surface area contributed by atoms with Crippen LogP contribution in [0.5, 0.6) is 0 Å². The van der Waals surface area contributed by atoms with Crippen LogP contribution in [0.4, 0.5) is 5.69 Å². The van der Waals surface area contributed by atoms with Crippen LogP contribution >= 0.6 is 0 Å². The molecular formula is C22H28N4O3S. The molecule has 2 aliphatic rings. The number of nitrogens with zero attached hydrogens (tertiary/aromatic N) is 2. The Morgan fingerprint density at radius 1 is 1.13 bits per heavy atom. The normalized spacial score (nSPS) is 23.3. The van der Waals surface area contributed by atoms with Gasteiger partial charge in [-0.25, -0.2) is 8.42 Å². The highest BCUT2D eigenvalue weighted by Gasteiger charge is 2.47. The molecule has 2 aromatic carbocycles. The van der Waals surface area contributed by atoms with Crippen LogP contribution in [0.2, 0.25) is 0 Å². The smallest absolute Gasteiger partial charge is 0.218 e. The van der Waals surface area contributed by atoms with Gasteiger partial charge in [-0.2, -0.15) is 4.31 Å². The molecule has 0 bridgehead atoms. The average molecular weight is 429 g/mol. The monoisotopic (exact) mass is 428 g/mol. The lowest BCUT2D eigenvalue weighted by molar-refractivity contribution is 0.207. The lowest BCUT2D eigenvalue weighted by Crippen LogP contribution is -2.55. The number of amidine groups is 1. The first kappa shape index (κ1) is 21.0. The van der Waals surface area contributed by atoms with E-state index < -0.39 is 15.6 Å². The van der Waals surface area contributed by atoms with Crippen LogP contribution in [0.1, 0.15) is 17.5 Å². The molecule has 0 aliphatic carbocycles. The molecule has 0 aromatic heterocycles. The van der Waals surface area contributed by atoms with Crippen molar-refractivity contribution in [3.63, 3.8) is 0 Å². The zero-order valence-corrected chi connectivity index (χ0v) is 18.0. The molecule has 7 nitrogen and oxygen atoms in total. The summed E-state index contributed by atoms with van der Waals surface area (Å²) in [5.41, 5.74) is 2.39. The zero-order valence-electron chi connectivity index (χ0n) is 17.2. The van der Waals surface area contributed by atoms with Crippen molar-refractivity contribution in [3.05, 3.63) is 65.7 Å². The minimum Gasteiger partial charge on any atom is -0.383 e. The number of rotatable bonds is 6. The Morgan fingerprint density at radius 3 is 2.70 bits per heavy atom. The molecule has 0 radical (unpaired) electrons. The predicted molar refractivity (Wildman–Crippen MR) is 119 cm³/mol. The van der Waals surface area contributed by atoms with E-state index in [1.54, 1.807) is 11.4 Å². The standard InChI is InChI=1S/C22H28N4O3S/c1-29-14-12-23-21-22(24-15-19-9-5-6-10-20(19)25-21)11-13-26(17-22)30(27,28)16-18-7-3-2-4-8-18/h2-10,24H,11-17H2,1H3,(H,23,25)/t22-/m0/s1. The molecule has 1 spiro atoms. The maximum atomic E-state index is 13.1. The zero-order chi connectivity index (χ0) is 21.0. The highest BCUT2D eigenvalue weighted by Crippen LogP contribution is 2.31. The molecule has 8 heteroatoms. The second-order valence-corrected chi connectivity index (χ2v) is 9.74. The van der Waals surface area contributed by atoms with Crippen molar-refractivity contribution in [2.75, 3.05) is 38.7 Å². The summed E-state index contributed by atoms with van der Waals surface area (Å²) in [6, 6.07) is 17.4. The quantitative estimate of drug-likeness (QED) is 0.690. The van der Waals surface area contributed by atoms with Crippen molar-refractivity contribution in [1.82, 2.24) is 9.62 Å². The van der Waals surface area contributed by atoms with Crippen LogP contribution in [-0.4, -0.2) is 57.4 Å². The maximum absolute atomic E-state index is 13.1. The van der Waals surface area contributed by atoms with E-state index in [4.69, 9.17) is 9.73 Å². The van der Waals surface area contributed by atoms with Crippen LogP contribution in [0.25, 0.3) is 0 Å². The summed E-state index contributed by atoms with van der Waals surface area (Å²) in [4.78, 5) is 4.76. The summed E-state index contributed by atoms with van der Waals surface area (Å²) >= 11 is 0. The maximum Gasteiger partial charge on any atom is 0.218 e. The molecule has 0 amide bonds. The molecule has 1 saturated heterocycles. The first-order valence-corrected chi connectivity index (χ1v) is 11.8. The fourth-order valence-electron chi connectivity index (χ4n) is 4.06. The van der Waals surface area contributed by atoms with Gasteiger partial charge in [0, 0.05) is 32.4 Å². The lowest BCUT2D eigenvalue weighted by atomic mass is 9.97. The van der Waals surface area contributed by atoms with Gasteiger partial charge in [0.2, 0.25) is 10.0 Å². The first-order valence-electron chi connectivity index (χ1n) is 10.2. The van der Waals surface area contributed by atoms with Gasteiger partial charge in [-0.3, -0.25) is 10.3 Å². The predicted octanol–water partition coefficient (Wildman–Crippen LogP) is 2.22. The molecule has 0 saturated carbocycles. The van der Waals surface area contributed by atoms with E-state index in [1.807, 2.05) is 48.5 Å². The largest absolute Gasteiger partial charge is 0.383 e. The van der Waals surface area contributed by atoms with E-state index in [0.29, 0.717) is 39.2 Å². The molecule has 1 atom stereocenters. The summed E-state index contributed by atoms with van der Waals surface area (Å²) in [5, 5.41) is 7.10. The van der Waals surface area contributed by atoms with Gasteiger partial charge in [0.1, 0.15) is 5.84 Å². The second-order valence-electron chi connectivity index (χ2n) is 7.77. The molecule has 4 rings (SSSR count). The van der Waals surface area contributed by atoms with Gasteiger partial charge in [0.05, 0.1) is 24.4 Å². The average Bonchev–Trinajstić information content (AvgIpc) is 3.13. The van der Waals surface area contributed by atoms with Crippen LogP contribution < -0.4 is 10.6 Å². The summed E-state index contributed by atoms with van der Waals surface area (Å²) in [6.07, 6.45) is 0.661. The number of ether oxygens (including phenoxy) is 1. The fourth-order valence-corrected chi connectivity index (χ4v) is 5.64. The van der Waals surface area contributed by atoms with E-state index in [1.165, 1.54) is 0 Å². The van der Waals surface area contributed by atoms with Gasteiger partial charge in [-0.1, -0.05) is 48.5 Å². The molecule has 2 N–H and O–H groups in total. The minimum absolute atomic E-state index is 0.00766. The number of fused-ring (bicyclic) bond motifs is 1. The molecular weight excluding hydrogens is 400 g/mol. The molecule has 2 aromatic rings. The summed E-state index contributed by atoms with van der Waals surface area (Å²) in [5.74, 6) is 0.787. The third-order valence-electron chi connectivity index (χ3n) is 5.73. The van der Waals surface area contributed by atoms with E-state index in [-0.39, 0.29) is 5.75 Å². The molecule has 0 unspecified atom stereocenters. The number of methoxy groups -OCH3 is 1. The van der Waals surface area contributed by atoms with Gasteiger partial charge in [0.15, 0.2) is 0 Å². The Bertz CT molecular complexity index is 1010. The molecule has 2 heterocycles. The number of sulfonamides is 1. The number of benzene rings is 2. The van der Waals surface area contributed by atoms with Gasteiger partial charge in [-0.05, 0) is 23.6 Å². The van der Waals surface area contributed by atoms with Gasteiger partial charge < -0.3 is 10.1 Å². The number of para-hydroxylation sites is 1. The molecule has 160 valence electrons. The van der Waals surface area contributed by atoms with Crippen molar-refractivity contribution in [2.24, 2.45) is 4.99 Å². The van der Waals surface area contributed by atoms with Crippen molar-refractivity contribution in [2.45, 2.75) is 24.3 Å². The van der Waals surface area contributed by atoms with Crippen molar-refractivity contribution < 1.29 is 13.2 Å². The van der Waals surface area contributed by atoms with Gasteiger partial charge in [-0.15, -0.1) is 0 Å². The lowest BCUT2D eigenvalue weighted by Gasteiger charge is -2.30. The Balaban J connectivity index is 1.59. The Labute approximate surface area is 178 Å². The molecule has 1 fully saturated rings. The van der Waals surface area contributed by atoms with Crippen LogP contribution in [-0.2, 0) is 27.1 Å². The second kappa shape index (κ2) is 8.85. The highest BCUT2D eigenvalue weighted by molar-refractivity contribution is 7.88. The van der Waals surface area contributed by atoms with E-state index in [2.05, 4.69) is 16.7 Å². The van der Waals surface area contributed by atoms with E-state index in [9.17, 15) is 8.42 Å². The van der Waals surface area contributed by atoms with Crippen molar-refractivity contribution >= 4 is 21.5 Å². The highest BCUT2D eigenvalue weighted by atomic mass is 32.2. The van der Waals surface area contributed by atoms with Crippen molar-refractivity contribution in [1.29, 1.82) is 0 Å². The Kier molecular flexibility index (Phi) is 6.19. The number of hydrogen-bond acceptors (Lipinski definition) is 5. The third-order valence-corrected chi connectivity index (χ3v) is 7.52. The molecule has 2 aliphatic heterocycles. The van der Waals surface area contributed by atoms with Crippen LogP contribution in [0, 0.1) is 0 Å². The summed E-state index contributed by atoms with van der Waals surface area (Å²) < 4.78 is 33.0. The topological polar surface area (TPSA) is 83.0 Å². The summed E-state index contributed by atoms with van der Waals surface area (Å²) in [7, 11) is -1.78. The van der Waals surface area contributed by atoms with Gasteiger partial charge >= 0.3 is 0 Å². The summed E-state index contributed by atoms with van der Waals surface area (Å²) in [6.45, 7) is 2.50. The van der Waals surface area contributed by atoms with E-state index >= 15 is 0 Å². The Morgan fingerprint density at radius 2 is 1.90 bits per heavy atom. The number of nitrogens with one attached hydrogen (secondary N) is 2. The number of anilines is 1. The van der Waals surface area contributed by atoms with E-state index in [0.717, 1.165) is 22.6 Å². The van der Waals surface area contributed by atoms with Crippen molar-refractivity contribution in [3.8, 4) is 0 Å². The number of aliphatic imine (C=N–C) groups is 1. The number of hydrogen-bond donors (Lipinski definition) is 2. The third kappa shape index (κ3) is 4.41.